The number of fused-ring (bicyclic) bond motifs is 1. The van der Waals surface area contributed by atoms with Gasteiger partial charge in [0.15, 0.2) is 0 Å². The molecule has 1 heterocycles. The summed E-state index contributed by atoms with van der Waals surface area (Å²) in [7, 11) is 0. The minimum Gasteiger partial charge on any atom is -0.340 e. The zero-order valence-electron chi connectivity index (χ0n) is 15.7. The molecule has 6 heteroatoms. The average molecular weight is 364 g/mol. The van der Waals surface area contributed by atoms with Gasteiger partial charge in [-0.15, -0.1) is 0 Å². The van der Waals surface area contributed by atoms with Crippen LogP contribution in [0.1, 0.15) is 36.2 Å². The molecule has 0 fully saturated rings. The zero-order chi connectivity index (χ0) is 19.4. The Morgan fingerprint density at radius 3 is 2.59 bits per heavy atom. The summed E-state index contributed by atoms with van der Waals surface area (Å²) in [6.45, 7) is 5.96. The number of anilines is 1. The number of aromatic amines is 1. The Kier molecular flexibility index (Phi) is 5.54. The lowest BCUT2D eigenvalue weighted by Gasteiger charge is -2.19. The number of rotatable bonds is 6. The normalized spacial score (nSPS) is 12.1. The Hall–Kier alpha value is -3.15. The quantitative estimate of drug-likeness (QED) is 0.624. The molecule has 2 aromatic carbocycles. The number of para-hydroxylation sites is 2. The van der Waals surface area contributed by atoms with Crippen LogP contribution in [-0.4, -0.2) is 27.8 Å². The maximum absolute atomic E-state index is 12.8. The number of H-pyrrole nitrogens is 1. The van der Waals surface area contributed by atoms with Gasteiger partial charge < -0.3 is 10.3 Å². The predicted octanol–water partition coefficient (Wildman–Crippen LogP) is 3.65. The Balaban J connectivity index is 1.74. The van der Waals surface area contributed by atoms with Gasteiger partial charge in [0.25, 0.3) is 5.91 Å². The highest BCUT2D eigenvalue weighted by Crippen LogP contribution is 2.15. The second-order valence-corrected chi connectivity index (χ2v) is 7.12. The van der Waals surface area contributed by atoms with Crippen molar-refractivity contribution in [3.8, 4) is 0 Å². The number of aryl methyl sites for hydroxylation is 1. The standard InChI is InChI=1S/C21H24N4O2/c1-13(2)11-18(22-19(26)15-8-6-7-14(3)12-15)20(27)25-21-23-16-9-4-5-10-17(16)24-21/h4-10,12-13,18H,11H2,1-3H3,(H,22,26)(H2,23,24,25,27)/t18-/m0/s1. The first kappa shape index (κ1) is 18.6. The molecule has 3 rings (SSSR count). The van der Waals surface area contributed by atoms with Crippen LogP contribution in [0, 0.1) is 12.8 Å². The minimum absolute atomic E-state index is 0.245. The van der Waals surface area contributed by atoms with Gasteiger partial charge in [0.05, 0.1) is 11.0 Å². The van der Waals surface area contributed by atoms with Crippen molar-refractivity contribution < 1.29 is 9.59 Å². The maximum atomic E-state index is 12.8. The Bertz CT molecular complexity index is 928. The third-order valence-corrected chi connectivity index (χ3v) is 4.24. The van der Waals surface area contributed by atoms with Gasteiger partial charge in [-0.2, -0.15) is 0 Å². The molecule has 0 saturated heterocycles. The highest BCUT2D eigenvalue weighted by atomic mass is 16.2. The van der Waals surface area contributed by atoms with Gasteiger partial charge in [-0.25, -0.2) is 4.98 Å². The van der Waals surface area contributed by atoms with Gasteiger partial charge in [0, 0.05) is 5.56 Å². The van der Waals surface area contributed by atoms with Crippen molar-refractivity contribution in [1.29, 1.82) is 0 Å². The highest BCUT2D eigenvalue weighted by molar-refractivity contribution is 6.01. The van der Waals surface area contributed by atoms with Gasteiger partial charge in [0.1, 0.15) is 6.04 Å². The molecule has 0 unspecified atom stereocenters. The molecule has 0 bridgehead atoms. The maximum Gasteiger partial charge on any atom is 0.251 e. The van der Waals surface area contributed by atoms with Crippen LogP contribution in [0.5, 0.6) is 0 Å². The molecule has 0 aliphatic heterocycles. The fourth-order valence-corrected chi connectivity index (χ4v) is 2.95. The lowest BCUT2D eigenvalue weighted by Crippen LogP contribution is -2.44. The first-order valence-corrected chi connectivity index (χ1v) is 9.05. The molecular formula is C21H24N4O2. The molecule has 1 atom stereocenters. The van der Waals surface area contributed by atoms with Crippen molar-refractivity contribution in [2.75, 3.05) is 5.32 Å². The molecule has 0 aliphatic rings. The summed E-state index contributed by atoms with van der Waals surface area (Å²) in [4.78, 5) is 32.8. The second kappa shape index (κ2) is 8.03. The average Bonchev–Trinajstić information content (AvgIpc) is 3.02. The van der Waals surface area contributed by atoms with E-state index in [1.807, 2.05) is 57.2 Å². The van der Waals surface area contributed by atoms with E-state index < -0.39 is 6.04 Å². The minimum atomic E-state index is -0.647. The fourth-order valence-electron chi connectivity index (χ4n) is 2.95. The van der Waals surface area contributed by atoms with Gasteiger partial charge in [0.2, 0.25) is 11.9 Å². The first-order chi connectivity index (χ1) is 12.9. The first-order valence-electron chi connectivity index (χ1n) is 9.05. The van der Waals surface area contributed by atoms with E-state index in [1.165, 1.54) is 0 Å². The van der Waals surface area contributed by atoms with Crippen molar-refractivity contribution in [1.82, 2.24) is 15.3 Å². The van der Waals surface area contributed by atoms with Crippen molar-refractivity contribution in [2.24, 2.45) is 5.92 Å². The number of carbonyl (C=O) groups excluding carboxylic acids is 2. The number of aromatic nitrogens is 2. The van der Waals surface area contributed by atoms with E-state index in [-0.39, 0.29) is 17.7 Å². The third-order valence-electron chi connectivity index (χ3n) is 4.24. The van der Waals surface area contributed by atoms with Gasteiger partial charge >= 0.3 is 0 Å². The number of nitrogens with zero attached hydrogens (tertiary/aromatic N) is 1. The topological polar surface area (TPSA) is 86.9 Å². The summed E-state index contributed by atoms with van der Waals surface area (Å²) in [6, 6.07) is 14.2. The van der Waals surface area contributed by atoms with E-state index in [2.05, 4.69) is 20.6 Å². The number of carbonyl (C=O) groups is 2. The number of hydrogen-bond donors (Lipinski definition) is 3. The van der Waals surface area contributed by atoms with E-state index in [1.54, 1.807) is 12.1 Å². The second-order valence-electron chi connectivity index (χ2n) is 7.12. The summed E-state index contributed by atoms with van der Waals surface area (Å²) in [5, 5.41) is 5.64. The van der Waals surface area contributed by atoms with E-state index in [4.69, 9.17) is 0 Å². The van der Waals surface area contributed by atoms with E-state index in [0.717, 1.165) is 16.6 Å². The monoisotopic (exact) mass is 364 g/mol. The number of hydrogen-bond acceptors (Lipinski definition) is 3. The number of imidazole rings is 1. The van der Waals surface area contributed by atoms with Crippen LogP contribution >= 0.6 is 0 Å². The molecule has 0 saturated carbocycles. The Morgan fingerprint density at radius 2 is 1.89 bits per heavy atom. The molecule has 27 heavy (non-hydrogen) atoms. The predicted molar refractivity (Wildman–Crippen MR) is 107 cm³/mol. The summed E-state index contributed by atoms with van der Waals surface area (Å²) < 4.78 is 0. The molecule has 0 spiro atoms. The van der Waals surface area contributed by atoms with E-state index in [0.29, 0.717) is 17.9 Å². The van der Waals surface area contributed by atoms with Crippen molar-refractivity contribution in [3.63, 3.8) is 0 Å². The van der Waals surface area contributed by atoms with Crippen molar-refractivity contribution in [2.45, 2.75) is 33.2 Å². The smallest absolute Gasteiger partial charge is 0.251 e. The summed E-state index contributed by atoms with van der Waals surface area (Å²) in [5.74, 6) is 0.0712. The molecule has 140 valence electrons. The molecular weight excluding hydrogens is 340 g/mol. The zero-order valence-corrected chi connectivity index (χ0v) is 15.7. The van der Waals surface area contributed by atoms with Crippen LogP contribution in [-0.2, 0) is 4.79 Å². The number of nitrogens with one attached hydrogen (secondary N) is 3. The summed E-state index contributed by atoms with van der Waals surface area (Å²) in [6.07, 6.45) is 0.531. The lowest BCUT2D eigenvalue weighted by atomic mass is 10.0. The van der Waals surface area contributed by atoms with E-state index >= 15 is 0 Å². The lowest BCUT2D eigenvalue weighted by molar-refractivity contribution is -0.118. The number of amides is 2. The largest absolute Gasteiger partial charge is 0.340 e. The highest BCUT2D eigenvalue weighted by Gasteiger charge is 2.23. The van der Waals surface area contributed by atoms with Gasteiger partial charge in [-0.1, -0.05) is 43.7 Å². The van der Waals surface area contributed by atoms with Gasteiger partial charge in [-0.05, 0) is 43.5 Å². The third kappa shape index (κ3) is 4.73. The molecule has 6 nitrogen and oxygen atoms in total. The molecule has 0 aliphatic carbocycles. The van der Waals surface area contributed by atoms with Crippen LogP contribution in [0.15, 0.2) is 48.5 Å². The Morgan fingerprint density at radius 1 is 1.11 bits per heavy atom. The molecule has 1 aromatic heterocycles. The molecule has 2 amide bonds. The summed E-state index contributed by atoms with van der Waals surface area (Å²) >= 11 is 0. The number of benzene rings is 2. The fraction of sp³-hybridized carbons (Fsp3) is 0.286. The van der Waals surface area contributed by atoms with Crippen LogP contribution in [0.25, 0.3) is 11.0 Å². The molecule has 3 N–H and O–H groups in total. The molecule has 3 aromatic rings. The van der Waals surface area contributed by atoms with E-state index in [9.17, 15) is 9.59 Å². The Labute approximate surface area is 158 Å². The van der Waals surface area contributed by atoms with Crippen LogP contribution in [0.4, 0.5) is 5.95 Å². The van der Waals surface area contributed by atoms with Gasteiger partial charge in [-0.3, -0.25) is 14.9 Å². The van der Waals surface area contributed by atoms with Crippen molar-refractivity contribution in [3.05, 3.63) is 59.7 Å². The van der Waals surface area contributed by atoms with Crippen LogP contribution < -0.4 is 10.6 Å². The van der Waals surface area contributed by atoms with Crippen LogP contribution in [0.2, 0.25) is 0 Å². The van der Waals surface area contributed by atoms with Crippen molar-refractivity contribution >= 4 is 28.8 Å². The molecule has 0 radical (unpaired) electrons. The van der Waals surface area contributed by atoms with Crippen LogP contribution in [0.3, 0.4) is 0 Å². The summed E-state index contributed by atoms with van der Waals surface area (Å²) in [5.41, 5.74) is 3.16. The SMILES string of the molecule is Cc1cccc(C(=O)N[C@@H](CC(C)C)C(=O)Nc2nc3ccccc3[nH]2)c1.